The molecule has 0 radical (unpaired) electrons. The zero-order valence-electron chi connectivity index (χ0n) is 11.1. The van der Waals surface area contributed by atoms with Crippen molar-refractivity contribution < 1.29 is 0 Å². The van der Waals surface area contributed by atoms with E-state index >= 15 is 0 Å². The molecule has 2 heterocycles. The van der Waals surface area contributed by atoms with E-state index in [4.69, 9.17) is 5.73 Å². The first-order valence-electron chi connectivity index (χ1n) is 6.64. The zero-order valence-corrected chi connectivity index (χ0v) is 11.9. The highest BCUT2D eigenvalue weighted by Crippen LogP contribution is 2.26. The molecule has 1 saturated heterocycles. The predicted octanol–water partition coefficient (Wildman–Crippen LogP) is 2.28. The summed E-state index contributed by atoms with van der Waals surface area (Å²) < 4.78 is 0. The van der Waals surface area contributed by atoms with Crippen molar-refractivity contribution in [3.8, 4) is 0 Å². The summed E-state index contributed by atoms with van der Waals surface area (Å²) in [6, 6.07) is 10.9. The summed E-state index contributed by atoms with van der Waals surface area (Å²) in [7, 11) is 2.17. The Kier molecular flexibility index (Phi) is 3.73. The van der Waals surface area contributed by atoms with Gasteiger partial charge >= 0.3 is 0 Å². The average molecular weight is 273 g/mol. The smallest absolute Gasteiger partial charge is 0.0702 e. The fourth-order valence-corrected chi connectivity index (χ4v) is 3.89. The van der Waals surface area contributed by atoms with Gasteiger partial charge in [-0.2, -0.15) is 11.8 Å². The molecule has 0 spiro atoms. The maximum atomic E-state index is 6.48. The number of aromatic nitrogens is 1. The number of hydrogen-bond donors (Lipinski definition) is 1. The number of pyridine rings is 1. The van der Waals surface area contributed by atoms with E-state index in [1.165, 1.54) is 16.7 Å². The fraction of sp³-hybridized carbons (Fsp3) is 0.400. The molecule has 3 rings (SSSR count). The van der Waals surface area contributed by atoms with E-state index in [2.05, 4.69) is 41.2 Å². The molecule has 2 atom stereocenters. The molecule has 0 aliphatic carbocycles. The molecule has 1 aromatic carbocycles. The lowest BCUT2D eigenvalue weighted by atomic mass is 9.98. The second-order valence-corrected chi connectivity index (χ2v) is 6.25. The highest BCUT2D eigenvalue weighted by molar-refractivity contribution is 7.99. The van der Waals surface area contributed by atoms with Gasteiger partial charge in [0.05, 0.1) is 5.52 Å². The van der Waals surface area contributed by atoms with Gasteiger partial charge in [-0.3, -0.25) is 9.88 Å². The lowest BCUT2D eigenvalue weighted by Crippen LogP contribution is -2.46. The number of likely N-dealkylation sites (N-methyl/N-ethyl adjacent to an activating group) is 1. The van der Waals surface area contributed by atoms with Crippen molar-refractivity contribution in [2.24, 2.45) is 5.73 Å². The monoisotopic (exact) mass is 273 g/mol. The van der Waals surface area contributed by atoms with E-state index in [1.54, 1.807) is 0 Å². The number of hydrogen-bond acceptors (Lipinski definition) is 4. The van der Waals surface area contributed by atoms with Gasteiger partial charge in [0.25, 0.3) is 0 Å². The molecule has 1 aromatic heterocycles. The second kappa shape index (κ2) is 5.49. The van der Waals surface area contributed by atoms with Gasteiger partial charge < -0.3 is 5.73 Å². The number of benzene rings is 1. The molecule has 100 valence electrons. The summed E-state index contributed by atoms with van der Waals surface area (Å²) >= 11 is 2.00. The summed E-state index contributed by atoms with van der Waals surface area (Å²) in [6.07, 6.45) is 1.83. The van der Waals surface area contributed by atoms with Crippen molar-refractivity contribution in [3.05, 3.63) is 42.1 Å². The first-order valence-corrected chi connectivity index (χ1v) is 7.79. The van der Waals surface area contributed by atoms with Crippen LogP contribution in [0.2, 0.25) is 0 Å². The van der Waals surface area contributed by atoms with Crippen molar-refractivity contribution in [1.82, 2.24) is 9.88 Å². The third-order valence-corrected chi connectivity index (χ3v) is 4.92. The van der Waals surface area contributed by atoms with Crippen molar-refractivity contribution in [2.75, 3.05) is 25.1 Å². The standard InChI is InChI=1S/C15H19N3S/c1-18-7-8-19-10-14(18)15(16)12-4-5-13-11(9-12)3-2-6-17-13/h2-6,9,14-15H,7-8,10,16H2,1H3. The topological polar surface area (TPSA) is 42.1 Å². The van der Waals surface area contributed by atoms with Crippen molar-refractivity contribution >= 4 is 22.7 Å². The molecular formula is C15H19N3S. The summed E-state index contributed by atoms with van der Waals surface area (Å²) in [5, 5.41) is 1.17. The summed E-state index contributed by atoms with van der Waals surface area (Å²) in [5.41, 5.74) is 8.72. The zero-order chi connectivity index (χ0) is 13.2. The molecular weight excluding hydrogens is 254 g/mol. The maximum Gasteiger partial charge on any atom is 0.0702 e. The summed E-state index contributed by atoms with van der Waals surface area (Å²) in [5.74, 6) is 2.32. The van der Waals surface area contributed by atoms with Gasteiger partial charge in [-0.1, -0.05) is 12.1 Å². The predicted molar refractivity (Wildman–Crippen MR) is 82.4 cm³/mol. The Hall–Kier alpha value is -1.10. The van der Waals surface area contributed by atoms with Crippen LogP contribution in [0.5, 0.6) is 0 Å². The third-order valence-electron chi connectivity index (χ3n) is 3.87. The maximum absolute atomic E-state index is 6.48. The first-order chi connectivity index (χ1) is 9.25. The number of rotatable bonds is 2. The Morgan fingerprint density at radius 1 is 1.42 bits per heavy atom. The van der Waals surface area contributed by atoms with Gasteiger partial charge in [0.2, 0.25) is 0 Å². The highest BCUT2D eigenvalue weighted by atomic mass is 32.2. The van der Waals surface area contributed by atoms with Crippen molar-refractivity contribution in [1.29, 1.82) is 0 Å². The van der Waals surface area contributed by atoms with Gasteiger partial charge in [0, 0.05) is 41.7 Å². The molecule has 3 nitrogen and oxygen atoms in total. The third kappa shape index (κ3) is 2.61. The molecule has 4 heteroatoms. The average Bonchev–Trinajstić information content (AvgIpc) is 2.46. The van der Waals surface area contributed by atoms with Crippen LogP contribution in [0.3, 0.4) is 0 Å². The van der Waals surface area contributed by atoms with Crippen LogP contribution < -0.4 is 5.73 Å². The van der Waals surface area contributed by atoms with Gasteiger partial charge in [-0.05, 0) is 30.8 Å². The Balaban J connectivity index is 1.90. The number of thioether (sulfide) groups is 1. The van der Waals surface area contributed by atoms with Crippen LogP contribution in [-0.4, -0.2) is 41.0 Å². The van der Waals surface area contributed by atoms with E-state index < -0.39 is 0 Å². The Morgan fingerprint density at radius 3 is 3.16 bits per heavy atom. The Morgan fingerprint density at radius 2 is 2.32 bits per heavy atom. The van der Waals surface area contributed by atoms with Gasteiger partial charge in [0.15, 0.2) is 0 Å². The molecule has 1 fully saturated rings. The van der Waals surface area contributed by atoms with Crippen LogP contribution >= 0.6 is 11.8 Å². The first kappa shape index (κ1) is 12.9. The highest BCUT2D eigenvalue weighted by Gasteiger charge is 2.26. The quantitative estimate of drug-likeness (QED) is 0.911. The molecule has 2 N–H and O–H groups in total. The minimum absolute atomic E-state index is 0.0717. The lowest BCUT2D eigenvalue weighted by molar-refractivity contribution is 0.237. The van der Waals surface area contributed by atoms with E-state index in [0.717, 1.165) is 17.8 Å². The molecule has 0 amide bonds. The molecule has 1 aliphatic heterocycles. The van der Waals surface area contributed by atoms with Crippen LogP contribution in [0.25, 0.3) is 10.9 Å². The molecule has 2 aromatic rings. The van der Waals surface area contributed by atoms with E-state index in [0.29, 0.717) is 6.04 Å². The minimum atomic E-state index is 0.0717. The van der Waals surface area contributed by atoms with Crippen LogP contribution in [0.4, 0.5) is 0 Å². The SMILES string of the molecule is CN1CCSCC1C(N)c1ccc2ncccc2c1. The van der Waals surface area contributed by atoms with Crippen LogP contribution in [0, 0.1) is 0 Å². The largest absolute Gasteiger partial charge is 0.323 e. The van der Waals surface area contributed by atoms with Crippen LogP contribution in [0.15, 0.2) is 36.5 Å². The van der Waals surface area contributed by atoms with Crippen molar-refractivity contribution in [3.63, 3.8) is 0 Å². The number of fused-ring (bicyclic) bond motifs is 1. The molecule has 2 unspecified atom stereocenters. The second-order valence-electron chi connectivity index (χ2n) is 5.10. The summed E-state index contributed by atoms with van der Waals surface area (Å²) in [6.45, 7) is 1.12. The molecule has 0 bridgehead atoms. The molecule has 1 aliphatic rings. The number of nitrogens with zero attached hydrogens (tertiary/aromatic N) is 2. The van der Waals surface area contributed by atoms with E-state index in [-0.39, 0.29) is 6.04 Å². The normalized spacial score (nSPS) is 22.5. The lowest BCUT2D eigenvalue weighted by Gasteiger charge is -2.36. The van der Waals surface area contributed by atoms with Crippen LogP contribution in [0.1, 0.15) is 11.6 Å². The van der Waals surface area contributed by atoms with E-state index in [1.807, 2.05) is 24.0 Å². The van der Waals surface area contributed by atoms with Crippen molar-refractivity contribution in [2.45, 2.75) is 12.1 Å². The van der Waals surface area contributed by atoms with E-state index in [9.17, 15) is 0 Å². The Labute approximate surface area is 118 Å². The summed E-state index contributed by atoms with van der Waals surface area (Å²) in [4.78, 5) is 6.74. The Bertz CT molecular complexity index is 572. The van der Waals surface area contributed by atoms with Gasteiger partial charge in [-0.15, -0.1) is 0 Å². The molecule has 0 saturated carbocycles. The van der Waals surface area contributed by atoms with Gasteiger partial charge in [0.1, 0.15) is 0 Å². The van der Waals surface area contributed by atoms with Crippen LogP contribution in [-0.2, 0) is 0 Å². The number of nitrogens with two attached hydrogens (primary N) is 1. The molecule has 19 heavy (non-hydrogen) atoms. The minimum Gasteiger partial charge on any atom is -0.323 e. The van der Waals surface area contributed by atoms with Gasteiger partial charge in [-0.25, -0.2) is 0 Å². The fourth-order valence-electron chi connectivity index (χ4n) is 2.61.